The fraction of sp³-hybridized carbons (Fsp3) is 0.389. The number of benzene rings is 1. The lowest BCUT2D eigenvalue weighted by molar-refractivity contribution is 0.0949. The van der Waals surface area contributed by atoms with Gasteiger partial charge in [0, 0.05) is 25.8 Å². The quantitative estimate of drug-likeness (QED) is 0.805. The maximum atomic E-state index is 12.3. The van der Waals surface area contributed by atoms with Crippen LogP contribution in [-0.4, -0.2) is 42.6 Å². The summed E-state index contributed by atoms with van der Waals surface area (Å²) in [6.07, 6.45) is 2.32. The molecule has 0 fully saturated rings. The molecule has 24 heavy (non-hydrogen) atoms. The largest absolute Gasteiger partial charge is 0.496 e. The summed E-state index contributed by atoms with van der Waals surface area (Å²) in [7, 11) is 1.65. The highest BCUT2D eigenvalue weighted by atomic mass is 16.5. The fourth-order valence-corrected chi connectivity index (χ4v) is 2.44. The first-order valence-electron chi connectivity index (χ1n) is 8.17. The number of anilines is 1. The van der Waals surface area contributed by atoms with Crippen LogP contribution < -0.4 is 15.0 Å². The third-order valence-electron chi connectivity index (χ3n) is 3.79. The van der Waals surface area contributed by atoms with Crippen LogP contribution in [0.15, 0.2) is 36.5 Å². The van der Waals surface area contributed by atoms with Crippen LogP contribution in [-0.2, 0) is 6.42 Å². The molecule has 1 N–H and O–H groups in total. The van der Waals surface area contributed by atoms with Crippen molar-refractivity contribution in [2.75, 3.05) is 31.6 Å². The number of methoxy groups -OCH3 is 1. The summed E-state index contributed by atoms with van der Waals surface area (Å²) in [5.41, 5.74) is 1.44. The predicted molar refractivity (Wildman–Crippen MR) is 94.6 cm³/mol. The van der Waals surface area contributed by atoms with E-state index < -0.39 is 0 Å². The Labute approximate surface area is 142 Å². The highest BCUT2D eigenvalue weighted by molar-refractivity contribution is 5.92. The van der Waals surface area contributed by atoms with Crippen molar-refractivity contribution in [3.05, 3.63) is 47.8 Å². The van der Waals surface area contributed by atoms with Crippen molar-refractivity contribution in [2.24, 2.45) is 0 Å². The molecule has 0 radical (unpaired) electrons. The fourth-order valence-electron chi connectivity index (χ4n) is 2.44. The van der Waals surface area contributed by atoms with Crippen molar-refractivity contribution in [1.82, 2.24) is 15.3 Å². The normalized spacial score (nSPS) is 10.3. The van der Waals surface area contributed by atoms with Crippen molar-refractivity contribution in [2.45, 2.75) is 20.3 Å². The van der Waals surface area contributed by atoms with Crippen LogP contribution in [0.4, 0.5) is 5.95 Å². The zero-order chi connectivity index (χ0) is 17.4. The van der Waals surface area contributed by atoms with E-state index in [9.17, 15) is 4.79 Å². The number of carbonyl (C=O) groups is 1. The van der Waals surface area contributed by atoms with Gasteiger partial charge in [-0.15, -0.1) is 0 Å². The molecule has 128 valence electrons. The number of amides is 1. The second-order valence-corrected chi connectivity index (χ2v) is 5.23. The van der Waals surface area contributed by atoms with Gasteiger partial charge in [-0.25, -0.2) is 9.97 Å². The Balaban J connectivity index is 1.96. The molecule has 0 aliphatic heterocycles. The third kappa shape index (κ3) is 4.44. The lowest BCUT2D eigenvalue weighted by Gasteiger charge is -2.18. The van der Waals surface area contributed by atoms with Crippen molar-refractivity contribution in [3.8, 4) is 5.75 Å². The average molecular weight is 328 g/mol. The first-order chi connectivity index (χ1) is 11.7. The summed E-state index contributed by atoms with van der Waals surface area (Å²) in [6, 6.07) is 9.43. The van der Waals surface area contributed by atoms with E-state index in [0.29, 0.717) is 24.6 Å². The summed E-state index contributed by atoms with van der Waals surface area (Å²) < 4.78 is 5.32. The molecule has 6 heteroatoms. The van der Waals surface area contributed by atoms with Gasteiger partial charge < -0.3 is 15.0 Å². The van der Waals surface area contributed by atoms with Gasteiger partial charge in [-0.05, 0) is 38.0 Å². The van der Waals surface area contributed by atoms with Crippen molar-refractivity contribution in [3.63, 3.8) is 0 Å². The van der Waals surface area contributed by atoms with Crippen LogP contribution in [0.2, 0.25) is 0 Å². The van der Waals surface area contributed by atoms with Gasteiger partial charge in [-0.3, -0.25) is 4.79 Å². The van der Waals surface area contributed by atoms with Gasteiger partial charge in [0.15, 0.2) is 0 Å². The Morgan fingerprint density at radius 2 is 1.96 bits per heavy atom. The first-order valence-corrected chi connectivity index (χ1v) is 8.17. The second-order valence-electron chi connectivity index (χ2n) is 5.23. The lowest BCUT2D eigenvalue weighted by atomic mass is 10.1. The van der Waals surface area contributed by atoms with Crippen LogP contribution in [0, 0.1) is 0 Å². The van der Waals surface area contributed by atoms with Gasteiger partial charge >= 0.3 is 0 Å². The molecule has 1 aromatic heterocycles. The smallest absolute Gasteiger partial charge is 0.270 e. The van der Waals surface area contributed by atoms with E-state index in [-0.39, 0.29) is 5.91 Å². The summed E-state index contributed by atoms with van der Waals surface area (Å²) in [5.74, 6) is 1.22. The SMILES string of the molecule is CCN(CC)c1nccc(C(=O)NCCc2ccccc2OC)n1. The molecule has 2 aromatic rings. The van der Waals surface area contributed by atoms with Crippen LogP contribution in [0.3, 0.4) is 0 Å². The zero-order valence-electron chi connectivity index (χ0n) is 14.5. The molecule has 2 rings (SSSR count). The van der Waals surface area contributed by atoms with Gasteiger partial charge in [0.1, 0.15) is 11.4 Å². The van der Waals surface area contributed by atoms with Gasteiger partial charge in [-0.1, -0.05) is 18.2 Å². The first kappa shape index (κ1) is 17.7. The monoisotopic (exact) mass is 328 g/mol. The van der Waals surface area contributed by atoms with Crippen molar-refractivity contribution < 1.29 is 9.53 Å². The minimum absolute atomic E-state index is 0.194. The summed E-state index contributed by atoms with van der Waals surface area (Å²) in [5, 5.41) is 2.90. The molecule has 1 aromatic carbocycles. The van der Waals surface area contributed by atoms with Crippen molar-refractivity contribution >= 4 is 11.9 Å². The van der Waals surface area contributed by atoms with Crippen LogP contribution in [0.5, 0.6) is 5.75 Å². The number of rotatable bonds is 8. The Morgan fingerprint density at radius 3 is 2.67 bits per heavy atom. The minimum atomic E-state index is -0.194. The Hall–Kier alpha value is -2.63. The number of nitrogens with one attached hydrogen (secondary N) is 1. The maximum absolute atomic E-state index is 12.3. The van der Waals surface area contributed by atoms with Crippen LogP contribution >= 0.6 is 0 Å². The number of aromatic nitrogens is 2. The molecular weight excluding hydrogens is 304 g/mol. The number of para-hydroxylation sites is 1. The maximum Gasteiger partial charge on any atom is 0.270 e. The van der Waals surface area contributed by atoms with Gasteiger partial charge in [0.05, 0.1) is 7.11 Å². The number of ether oxygens (including phenoxy) is 1. The highest BCUT2D eigenvalue weighted by Crippen LogP contribution is 2.17. The van der Waals surface area contributed by atoms with E-state index in [1.807, 2.05) is 43.0 Å². The molecule has 1 amide bonds. The number of carbonyl (C=O) groups excluding carboxylic acids is 1. The van der Waals surface area contributed by atoms with E-state index in [2.05, 4.69) is 15.3 Å². The second kappa shape index (κ2) is 8.86. The topological polar surface area (TPSA) is 67.4 Å². The zero-order valence-corrected chi connectivity index (χ0v) is 14.5. The molecule has 0 aliphatic rings. The third-order valence-corrected chi connectivity index (χ3v) is 3.79. The van der Waals surface area contributed by atoms with E-state index in [4.69, 9.17) is 4.74 Å². The molecule has 0 bridgehead atoms. The standard InChI is InChI=1S/C18H24N4O2/c1-4-22(5-2)18-20-13-11-15(21-18)17(23)19-12-10-14-8-6-7-9-16(14)24-3/h6-9,11,13H,4-5,10,12H2,1-3H3,(H,19,23). The lowest BCUT2D eigenvalue weighted by Crippen LogP contribution is -2.29. The Kier molecular flexibility index (Phi) is 6.54. The average Bonchev–Trinajstić information content (AvgIpc) is 2.63. The Morgan fingerprint density at radius 1 is 1.21 bits per heavy atom. The molecule has 0 unspecified atom stereocenters. The van der Waals surface area contributed by atoms with Gasteiger partial charge in [-0.2, -0.15) is 0 Å². The van der Waals surface area contributed by atoms with Crippen LogP contribution in [0.25, 0.3) is 0 Å². The molecule has 1 heterocycles. The van der Waals surface area contributed by atoms with Gasteiger partial charge in [0.2, 0.25) is 5.95 Å². The summed E-state index contributed by atoms with van der Waals surface area (Å²) in [6.45, 7) is 6.19. The molecule has 0 spiro atoms. The van der Waals surface area contributed by atoms with E-state index in [0.717, 1.165) is 24.4 Å². The van der Waals surface area contributed by atoms with Crippen LogP contribution in [0.1, 0.15) is 29.9 Å². The minimum Gasteiger partial charge on any atom is -0.496 e. The number of hydrogen-bond donors (Lipinski definition) is 1. The van der Waals surface area contributed by atoms with Gasteiger partial charge in [0.25, 0.3) is 5.91 Å². The molecule has 0 saturated carbocycles. The molecule has 0 saturated heterocycles. The molecular formula is C18H24N4O2. The Bertz CT molecular complexity index is 672. The summed E-state index contributed by atoms with van der Waals surface area (Å²) in [4.78, 5) is 22.9. The van der Waals surface area contributed by atoms with E-state index in [1.54, 1.807) is 19.4 Å². The van der Waals surface area contributed by atoms with Crippen molar-refractivity contribution in [1.29, 1.82) is 0 Å². The molecule has 6 nitrogen and oxygen atoms in total. The molecule has 0 atom stereocenters. The van der Waals surface area contributed by atoms with E-state index in [1.165, 1.54) is 0 Å². The number of nitrogens with zero attached hydrogens (tertiary/aromatic N) is 3. The van der Waals surface area contributed by atoms with E-state index >= 15 is 0 Å². The predicted octanol–water partition coefficient (Wildman–Crippen LogP) is 2.30. The highest BCUT2D eigenvalue weighted by Gasteiger charge is 2.11. The molecule has 0 aliphatic carbocycles. The number of hydrogen-bond acceptors (Lipinski definition) is 5. The summed E-state index contributed by atoms with van der Waals surface area (Å²) >= 11 is 0.